The molecule has 2 rings (SSSR count). The number of anilines is 2. The van der Waals surface area contributed by atoms with Gasteiger partial charge in [0.25, 0.3) is 0 Å². The summed E-state index contributed by atoms with van der Waals surface area (Å²) < 4.78 is 11.3. The highest BCUT2D eigenvalue weighted by atomic mass is 32.2. The average molecular weight is 268 g/mol. The van der Waals surface area contributed by atoms with Crippen molar-refractivity contribution < 1.29 is 4.21 Å². The Balaban J connectivity index is 2.02. The molecule has 0 atom stereocenters. The van der Waals surface area contributed by atoms with Crippen LogP contribution in [0.5, 0.6) is 0 Å². The molecule has 0 aliphatic carbocycles. The van der Waals surface area contributed by atoms with E-state index >= 15 is 0 Å². The summed E-state index contributed by atoms with van der Waals surface area (Å²) in [5.41, 5.74) is 0.947. The zero-order valence-electron chi connectivity index (χ0n) is 10.9. The Morgan fingerprint density at radius 3 is 2.78 bits per heavy atom. The number of hydrogen-bond donors (Lipinski definition) is 2. The lowest BCUT2D eigenvalue weighted by Crippen LogP contribution is -2.29. The van der Waals surface area contributed by atoms with Gasteiger partial charge in [0.2, 0.25) is 5.95 Å². The van der Waals surface area contributed by atoms with E-state index < -0.39 is 10.8 Å². The van der Waals surface area contributed by atoms with E-state index in [1.54, 1.807) is 0 Å². The van der Waals surface area contributed by atoms with Crippen molar-refractivity contribution in [3.05, 3.63) is 11.8 Å². The first-order valence-corrected chi connectivity index (χ1v) is 7.87. The number of rotatable bonds is 4. The first kappa shape index (κ1) is 13.3. The van der Waals surface area contributed by atoms with Crippen molar-refractivity contribution in [1.82, 2.24) is 9.97 Å². The van der Waals surface area contributed by atoms with Crippen LogP contribution < -0.4 is 10.6 Å². The molecule has 2 N–H and O–H groups in total. The van der Waals surface area contributed by atoms with Gasteiger partial charge in [0.1, 0.15) is 5.82 Å². The van der Waals surface area contributed by atoms with Crippen molar-refractivity contribution in [2.45, 2.75) is 32.7 Å². The number of aromatic nitrogens is 2. The normalized spacial score (nSPS) is 23.7. The average Bonchev–Trinajstić information content (AvgIpc) is 2.32. The SMILES string of the molecule is CCNc1nc(C)cc(NC2CCS(=O)CC2)n1. The molecule has 0 spiro atoms. The van der Waals surface area contributed by atoms with Crippen molar-refractivity contribution in [2.24, 2.45) is 0 Å². The van der Waals surface area contributed by atoms with Crippen molar-refractivity contribution in [1.29, 1.82) is 0 Å². The van der Waals surface area contributed by atoms with Gasteiger partial charge in [-0.1, -0.05) is 0 Å². The Hall–Kier alpha value is -1.17. The second-order valence-corrected chi connectivity index (χ2v) is 6.21. The summed E-state index contributed by atoms with van der Waals surface area (Å²) in [4.78, 5) is 8.75. The van der Waals surface area contributed by atoms with E-state index in [0.29, 0.717) is 12.0 Å². The Morgan fingerprint density at radius 1 is 1.39 bits per heavy atom. The van der Waals surface area contributed by atoms with E-state index in [9.17, 15) is 4.21 Å². The van der Waals surface area contributed by atoms with Crippen LogP contribution in [0.3, 0.4) is 0 Å². The predicted molar refractivity (Wildman–Crippen MR) is 75.5 cm³/mol. The van der Waals surface area contributed by atoms with E-state index in [4.69, 9.17) is 0 Å². The molecule has 1 aliphatic rings. The quantitative estimate of drug-likeness (QED) is 0.867. The maximum absolute atomic E-state index is 11.3. The molecule has 1 aliphatic heterocycles. The smallest absolute Gasteiger partial charge is 0.224 e. The maximum Gasteiger partial charge on any atom is 0.224 e. The lowest BCUT2D eigenvalue weighted by molar-refractivity contribution is 0.622. The molecule has 1 aromatic heterocycles. The van der Waals surface area contributed by atoms with Crippen LogP contribution in [0.25, 0.3) is 0 Å². The third kappa shape index (κ3) is 3.66. The van der Waals surface area contributed by atoms with Crippen LogP contribution >= 0.6 is 0 Å². The maximum atomic E-state index is 11.3. The minimum Gasteiger partial charge on any atom is -0.367 e. The summed E-state index contributed by atoms with van der Waals surface area (Å²) in [6, 6.07) is 2.33. The lowest BCUT2D eigenvalue weighted by Gasteiger charge is -2.23. The summed E-state index contributed by atoms with van der Waals surface area (Å²) >= 11 is 0. The highest BCUT2D eigenvalue weighted by molar-refractivity contribution is 7.85. The van der Waals surface area contributed by atoms with Crippen LogP contribution in [-0.2, 0) is 10.8 Å². The Bertz CT molecular complexity index is 428. The third-order valence-corrected chi connectivity index (χ3v) is 4.31. The molecule has 0 aromatic carbocycles. The summed E-state index contributed by atoms with van der Waals surface area (Å²) in [7, 11) is -0.616. The van der Waals surface area contributed by atoms with Crippen LogP contribution in [0.4, 0.5) is 11.8 Å². The van der Waals surface area contributed by atoms with E-state index in [1.807, 2.05) is 19.9 Å². The number of hydrogen-bond acceptors (Lipinski definition) is 5. The predicted octanol–water partition coefficient (Wildman–Crippen LogP) is 1.54. The molecule has 0 amide bonds. The Kier molecular flexibility index (Phi) is 4.52. The van der Waals surface area contributed by atoms with Gasteiger partial charge in [0.05, 0.1) is 0 Å². The molecule has 100 valence electrons. The van der Waals surface area contributed by atoms with Gasteiger partial charge >= 0.3 is 0 Å². The molecular weight excluding hydrogens is 248 g/mol. The number of nitrogens with one attached hydrogen (secondary N) is 2. The molecule has 1 aromatic rings. The summed E-state index contributed by atoms with van der Waals surface area (Å²) in [5, 5.41) is 6.54. The van der Waals surface area contributed by atoms with Crippen molar-refractivity contribution in [3.63, 3.8) is 0 Å². The van der Waals surface area contributed by atoms with Crippen LogP contribution in [0, 0.1) is 6.92 Å². The van der Waals surface area contributed by atoms with E-state index in [0.717, 1.165) is 42.4 Å². The highest BCUT2D eigenvalue weighted by Gasteiger charge is 2.18. The summed E-state index contributed by atoms with van der Waals surface area (Å²) in [5.74, 6) is 3.11. The summed E-state index contributed by atoms with van der Waals surface area (Å²) in [6.07, 6.45) is 1.90. The topological polar surface area (TPSA) is 66.9 Å². The molecule has 18 heavy (non-hydrogen) atoms. The third-order valence-electron chi connectivity index (χ3n) is 2.93. The first-order chi connectivity index (χ1) is 8.67. The van der Waals surface area contributed by atoms with Crippen LogP contribution in [0.2, 0.25) is 0 Å². The van der Waals surface area contributed by atoms with Gasteiger partial charge in [-0.3, -0.25) is 4.21 Å². The molecular formula is C12H20N4OS. The monoisotopic (exact) mass is 268 g/mol. The molecule has 5 nitrogen and oxygen atoms in total. The largest absolute Gasteiger partial charge is 0.367 e. The second kappa shape index (κ2) is 6.13. The fourth-order valence-electron chi connectivity index (χ4n) is 2.03. The Labute approximate surface area is 110 Å². The standard InChI is InChI=1S/C12H20N4OS/c1-3-13-12-14-9(2)8-11(16-12)15-10-4-6-18(17)7-5-10/h8,10H,3-7H2,1-2H3,(H2,13,14,15,16). The van der Waals surface area contributed by atoms with Crippen LogP contribution in [0.1, 0.15) is 25.5 Å². The molecule has 1 saturated heterocycles. The zero-order valence-corrected chi connectivity index (χ0v) is 11.7. The van der Waals surface area contributed by atoms with E-state index in [1.165, 1.54) is 0 Å². The van der Waals surface area contributed by atoms with Gasteiger partial charge in [0.15, 0.2) is 0 Å². The van der Waals surface area contributed by atoms with Crippen LogP contribution in [0.15, 0.2) is 6.07 Å². The molecule has 0 bridgehead atoms. The molecule has 2 heterocycles. The Morgan fingerprint density at radius 2 is 2.11 bits per heavy atom. The molecule has 0 unspecified atom stereocenters. The van der Waals surface area contributed by atoms with Gasteiger partial charge in [-0.05, 0) is 26.7 Å². The number of aryl methyl sites for hydroxylation is 1. The fourth-order valence-corrected chi connectivity index (χ4v) is 3.33. The first-order valence-electron chi connectivity index (χ1n) is 6.38. The van der Waals surface area contributed by atoms with E-state index in [2.05, 4.69) is 20.6 Å². The van der Waals surface area contributed by atoms with Gasteiger partial charge in [0, 0.05) is 46.7 Å². The highest BCUT2D eigenvalue weighted by Crippen LogP contribution is 2.16. The lowest BCUT2D eigenvalue weighted by atomic mass is 10.1. The zero-order chi connectivity index (χ0) is 13.0. The van der Waals surface area contributed by atoms with Crippen molar-refractivity contribution in [3.8, 4) is 0 Å². The molecule has 0 radical (unpaired) electrons. The van der Waals surface area contributed by atoms with Crippen LogP contribution in [-0.4, -0.2) is 38.3 Å². The number of nitrogens with zero attached hydrogens (tertiary/aromatic N) is 2. The van der Waals surface area contributed by atoms with Crippen molar-refractivity contribution >= 4 is 22.6 Å². The minimum absolute atomic E-state index is 0.381. The van der Waals surface area contributed by atoms with Gasteiger partial charge in [-0.2, -0.15) is 4.98 Å². The fraction of sp³-hybridized carbons (Fsp3) is 0.667. The molecule has 1 fully saturated rings. The van der Waals surface area contributed by atoms with Gasteiger partial charge < -0.3 is 10.6 Å². The van der Waals surface area contributed by atoms with E-state index in [-0.39, 0.29) is 0 Å². The molecule has 6 heteroatoms. The molecule has 0 saturated carbocycles. The second-order valence-electron chi connectivity index (χ2n) is 4.52. The summed E-state index contributed by atoms with van der Waals surface area (Å²) in [6.45, 7) is 4.80. The van der Waals surface area contributed by atoms with Crippen molar-refractivity contribution in [2.75, 3.05) is 28.7 Å². The van der Waals surface area contributed by atoms with Gasteiger partial charge in [-0.25, -0.2) is 4.98 Å². The minimum atomic E-state index is -0.616. The van der Waals surface area contributed by atoms with Gasteiger partial charge in [-0.15, -0.1) is 0 Å².